The fourth-order valence-electron chi connectivity index (χ4n) is 1.92. The van der Waals surface area contributed by atoms with Crippen LogP contribution in [0, 0.1) is 6.92 Å². The largest absolute Gasteiger partial charge is 0.507 e. The summed E-state index contributed by atoms with van der Waals surface area (Å²) in [5.74, 6) is 2.21. The molecule has 3 rings (SSSR count). The molecule has 1 aromatic carbocycles. The average molecular weight is 309 g/mol. The van der Waals surface area contributed by atoms with E-state index < -0.39 is 0 Å². The number of nitrogens with one attached hydrogen (secondary N) is 1. The van der Waals surface area contributed by atoms with Crippen molar-refractivity contribution >= 4 is 23.8 Å². The molecule has 116 valence electrons. The Bertz CT molecular complexity index is 876. The quantitative estimate of drug-likeness (QED) is 0.722. The Hall–Kier alpha value is -3.22. The van der Waals surface area contributed by atoms with Crippen LogP contribution < -0.4 is 0 Å². The summed E-state index contributed by atoms with van der Waals surface area (Å²) in [5.41, 5.74) is 1.27. The maximum atomic E-state index is 9.67. The van der Waals surface area contributed by atoms with E-state index in [1.165, 1.54) is 6.21 Å². The number of aromatic nitrogens is 3. The van der Waals surface area contributed by atoms with Gasteiger partial charge in [-0.1, -0.05) is 12.1 Å². The van der Waals surface area contributed by atoms with Crippen molar-refractivity contribution < 1.29 is 9.52 Å². The van der Waals surface area contributed by atoms with Gasteiger partial charge < -0.3 is 9.52 Å². The van der Waals surface area contributed by atoms with E-state index in [4.69, 9.17) is 4.42 Å². The van der Waals surface area contributed by atoms with Gasteiger partial charge in [-0.2, -0.15) is 4.98 Å². The van der Waals surface area contributed by atoms with Crippen molar-refractivity contribution in [2.24, 2.45) is 9.98 Å². The first-order valence-corrected chi connectivity index (χ1v) is 6.98. The Balaban J connectivity index is 1.77. The van der Waals surface area contributed by atoms with Gasteiger partial charge in [0.2, 0.25) is 5.95 Å². The fourth-order valence-corrected chi connectivity index (χ4v) is 1.92. The number of phenols is 1. The summed E-state index contributed by atoms with van der Waals surface area (Å²) in [4.78, 5) is 12.6. The number of benzene rings is 1. The lowest BCUT2D eigenvalue weighted by atomic mass is 10.2. The van der Waals surface area contributed by atoms with Gasteiger partial charge in [-0.05, 0) is 38.1 Å². The molecule has 2 N–H and O–H groups in total. The van der Waals surface area contributed by atoms with Crippen molar-refractivity contribution in [1.29, 1.82) is 0 Å². The summed E-state index contributed by atoms with van der Waals surface area (Å²) in [5, 5.41) is 16.3. The zero-order valence-corrected chi connectivity index (χ0v) is 12.7. The Labute approximate surface area is 132 Å². The lowest BCUT2D eigenvalue weighted by Crippen LogP contribution is -1.90. The minimum atomic E-state index is 0.147. The number of para-hydroxylation sites is 1. The molecule has 0 spiro atoms. The highest BCUT2D eigenvalue weighted by Gasteiger charge is 2.05. The molecule has 0 bridgehead atoms. The van der Waals surface area contributed by atoms with Gasteiger partial charge in [0.1, 0.15) is 17.3 Å². The first kappa shape index (κ1) is 14.7. The highest BCUT2D eigenvalue weighted by atomic mass is 16.3. The molecule has 7 nitrogen and oxygen atoms in total. The minimum absolute atomic E-state index is 0.147. The number of aryl methyl sites for hydroxylation is 1. The van der Waals surface area contributed by atoms with Gasteiger partial charge in [0.25, 0.3) is 5.95 Å². The number of aromatic hydroxyl groups is 1. The van der Waals surface area contributed by atoms with Gasteiger partial charge in [-0.15, -0.1) is 5.10 Å². The predicted molar refractivity (Wildman–Crippen MR) is 87.1 cm³/mol. The Kier molecular flexibility index (Phi) is 4.01. The first-order chi connectivity index (χ1) is 11.1. The standard InChI is InChI=1S/C16H15N5O2/c1-10-7-8-14(23-10)11(2)18-16-19-15(20-21-16)17-9-12-5-3-4-6-13(12)22/h3-9,22H,1-2H3,(H,19,20,21). The molecule has 2 aromatic heterocycles. The molecular formula is C16H15N5O2. The van der Waals surface area contributed by atoms with Crippen LogP contribution in [0.15, 0.2) is 50.8 Å². The number of hydrogen-bond acceptors (Lipinski definition) is 6. The molecule has 0 aliphatic carbocycles. The van der Waals surface area contributed by atoms with Crippen LogP contribution in [0.1, 0.15) is 24.0 Å². The van der Waals surface area contributed by atoms with Gasteiger partial charge in [0.15, 0.2) is 0 Å². The third-order valence-electron chi connectivity index (χ3n) is 3.09. The maximum Gasteiger partial charge on any atom is 0.269 e. The summed E-state index contributed by atoms with van der Waals surface area (Å²) in [6, 6.07) is 10.6. The number of H-pyrrole nitrogens is 1. The highest BCUT2D eigenvalue weighted by molar-refractivity contribution is 5.97. The predicted octanol–water partition coefficient (Wildman–Crippen LogP) is 3.30. The molecule has 23 heavy (non-hydrogen) atoms. The van der Waals surface area contributed by atoms with Crippen LogP contribution in [0.5, 0.6) is 5.75 Å². The van der Waals surface area contributed by atoms with Crippen LogP contribution in [0.2, 0.25) is 0 Å². The summed E-state index contributed by atoms with van der Waals surface area (Å²) in [6.07, 6.45) is 1.49. The topological polar surface area (TPSA) is 99.7 Å². The molecule has 0 fully saturated rings. The molecule has 3 aromatic rings. The van der Waals surface area contributed by atoms with E-state index in [9.17, 15) is 5.11 Å². The molecule has 0 amide bonds. The van der Waals surface area contributed by atoms with Gasteiger partial charge in [-0.3, -0.25) is 0 Å². The van der Waals surface area contributed by atoms with Crippen LogP contribution in [-0.2, 0) is 0 Å². The Morgan fingerprint density at radius 3 is 2.83 bits per heavy atom. The minimum Gasteiger partial charge on any atom is -0.507 e. The molecule has 0 radical (unpaired) electrons. The zero-order chi connectivity index (χ0) is 16.2. The van der Waals surface area contributed by atoms with Crippen LogP contribution in [0.25, 0.3) is 0 Å². The number of phenolic OH excluding ortho intramolecular Hbond substituents is 1. The van der Waals surface area contributed by atoms with E-state index >= 15 is 0 Å². The van der Waals surface area contributed by atoms with E-state index in [1.807, 2.05) is 32.0 Å². The van der Waals surface area contributed by atoms with Gasteiger partial charge >= 0.3 is 0 Å². The van der Waals surface area contributed by atoms with Crippen molar-refractivity contribution in [3.05, 3.63) is 53.5 Å². The fraction of sp³-hybridized carbons (Fsp3) is 0.125. The highest BCUT2D eigenvalue weighted by Crippen LogP contribution is 2.16. The third kappa shape index (κ3) is 3.52. The van der Waals surface area contributed by atoms with E-state index in [-0.39, 0.29) is 11.7 Å². The Morgan fingerprint density at radius 2 is 2.09 bits per heavy atom. The monoisotopic (exact) mass is 309 g/mol. The van der Waals surface area contributed by atoms with Crippen molar-refractivity contribution in [1.82, 2.24) is 15.2 Å². The van der Waals surface area contributed by atoms with E-state index in [1.54, 1.807) is 18.2 Å². The molecule has 0 aliphatic rings. The average Bonchev–Trinajstić information content (AvgIpc) is 3.15. The second-order valence-corrected chi connectivity index (χ2v) is 4.88. The van der Waals surface area contributed by atoms with Crippen molar-refractivity contribution in [3.8, 4) is 5.75 Å². The van der Waals surface area contributed by atoms with Gasteiger partial charge in [0.05, 0.1) is 5.71 Å². The number of nitrogens with zero attached hydrogens (tertiary/aromatic N) is 4. The number of hydrogen-bond donors (Lipinski definition) is 2. The van der Waals surface area contributed by atoms with Crippen molar-refractivity contribution in [3.63, 3.8) is 0 Å². The molecular weight excluding hydrogens is 294 g/mol. The zero-order valence-electron chi connectivity index (χ0n) is 12.7. The van der Waals surface area contributed by atoms with Gasteiger partial charge in [-0.25, -0.2) is 15.1 Å². The van der Waals surface area contributed by atoms with E-state index in [0.29, 0.717) is 23.0 Å². The van der Waals surface area contributed by atoms with E-state index in [2.05, 4.69) is 25.2 Å². The molecule has 0 aliphatic heterocycles. The first-order valence-electron chi connectivity index (χ1n) is 6.98. The number of aromatic amines is 1. The molecule has 7 heteroatoms. The number of aliphatic imine (C=N–C) groups is 2. The molecule has 0 unspecified atom stereocenters. The van der Waals surface area contributed by atoms with Crippen molar-refractivity contribution in [2.75, 3.05) is 0 Å². The molecule has 2 heterocycles. The van der Waals surface area contributed by atoms with Crippen molar-refractivity contribution in [2.45, 2.75) is 13.8 Å². The maximum absolute atomic E-state index is 9.67. The van der Waals surface area contributed by atoms with Crippen LogP contribution in [0.4, 0.5) is 11.9 Å². The lowest BCUT2D eigenvalue weighted by molar-refractivity contribution is 0.474. The van der Waals surface area contributed by atoms with Crippen LogP contribution >= 0.6 is 0 Å². The van der Waals surface area contributed by atoms with Crippen LogP contribution in [0.3, 0.4) is 0 Å². The number of rotatable bonds is 4. The molecule has 0 saturated carbocycles. The summed E-state index contributed by atoms with van der Waals surface area (Å²) in [7, 11) is 0. The summed E-state index contributed by atoms with van der Waals surface area (Å²) >= 11 is 0. The van der Waals surface area contributed by atoms with E-state index in [0.717, 1.165) is 5.76 Å². The summed E-state index contributed by atoms with van der Waals surface area (Å²) < 4.78 is 5.49. The number of furan rings is 1. The van der Waals surface area contributed by atoms with Crippen LogP contribution in [-0.4, -0.2) is 32.2 Å². The third-order valence-corrected chi connectivity index (χ3v) is 3.09. The normalized spacial score (nSPS) is 12.2. The molecule has 0 atom stereocenters. The van der Waals surface area contributed by atoms with Gasteiger partial charge in [0, 0.05) is 11.8 Å². The smallest absolute Gasteiger partial charge is 0.269 e. The SMILES string of the molecule is CC(=Nc1nc(N=Cc2ccccc2O)n[nH]1)c1ccc(C)o1. The summed E-state index contributed by atoms with van der Waals surface area (Å²) in [6.45, 7) is 3.70. The Morgan fingerprint density at radius 1 is 1.26 bits per heavy atom. The second kappa shape index (κ2) is 6.27. The lowest BCUT2D eigenvalue weighted by Gasteiger charge is -1.95. The second-order valence-electron chi connectivity index (χ2n) is 4.88. The molecule has 0 saturated heterocycles.